The average molecular weight is 211 g/mol. The van der Waals surface area contributed by atoms with Gasteiger partial charge < -0.3 is 15.2 Å². The van der Waals surface area contributed by atoms with Crippen molar-refractivity contribution < 1.29 is 14.3 Å². The van der Waals surface area contributed by atoms with Crippen LogP contribution in [0.4, 0.5) is 5.82 Å². The maximum absolute atomic E-state index is 10.9. The molecule has 0 saturated carbocycles. The molecule has 2 N–H and O–H groups in total. The van der Waals surface area contributed by atoms with Gasteiger partial charge in [0.1, 0.15) is 5.82 Å². The van der Waals surface area contributed by atoms with Crippen LogP contribution in [0, 0.1) is 6.92 Å². The molecule has 1 heterocycles. The van der Waals surface area contributed by atoms with E-state index in [4.69, 9.17) is 10.5 Å². The van der Waals surface area contributed by atoms with Crippen molar-refractivity contribution >= 4 is 11.8 Å². The molecule has 0 aliphatic rings. The third-order valence-electron chi connectivity index (χ3n) is 1.61. The van der Waals surface area contributed by atoms with Gasteiger partial charge in [-0.05, 0) is 13.8 Å². The third kappa shape index (κ3) is 3.41. The van der Waals surface area contributed by atoms with Crippen LogP contribution in [0.15, 0.2) is 6.20 Å². The fraction of sp³-hybridized carbons (Fsp3) is 0.444. The molecule has 0 bridgehead atoms. The number of ether oxygens (including phenoxy) is 2. The summed E-state index contributed by atoms with van der Waals surface area (Å²) in [6, 6.07) is 0.0751. The number of nitrogen functional groups attached to an aromatic ring is 1. The first-order valence-corrected chi connectivity index (χ1v) is 4.51. The molecular weight excluding hydrogens is 198 g/mol. The van der Waals surface area contributed by atoms with E-state index in [2.05, 4.69) is 14.7 Å². The monoisotopic (exact) mass is 211 g/mol. The average Bonchev–Trinajstić information content (AvgIpc) is 2.20. The minimum atomic E-state index is -0.458. The van der Waals surface area contributed by atoms with Gasteiger partial charge >= 0.3 is 12.0 Å². The summed E-state index contributed by atoms with van der Waals surface area (Å²) in [5.74, 6) is -0.121. The minimum absolute atomic E-state index is 0.0751. The van der Waals surface area contributed by atoms with Gasteiger partial charge in [0.15, 0.2) is 6.61 Å². The molecule has 1 rings (SSSR count). The van der Waals surface area contributed by atoms with E-state index < -0.39 is 5.97 Å². The first-order valence-electron chi connectivity index (χ1n) is 4.51. The zero-order valence-electron chi connectivity index (χ0n) is 8.69. The second kappa shape index (κ2) is 5.14. The standard InChI is InChI=1S/C9H13N3O3/c1-3-14-7(13)5-15-9-11-4-6(2)8(10)12-9/h4H,3,5H2,1-2H3,(H2,10,11,12). The SMILES string of the molecule is CCOC(=O)COc1ncc(C)c(N)n1. The Balaban J connectivity index is 2.51. The zero-order valence-corrected chi connectivity index (χ0v) is 8.69. The number of hydrogen-bond donors (Lipinski definition) is 1. The van der Waals surface area contributed by atoms with E-state index in [1.165, 1.54) is 6.20 Å². The highest BCUT2D eigenvalue weighted by molar-refractivity contribution is 5.70. The molecule has 0 aliphatic heterocycles. The number of hydrogen-bond acceptors (Lipinski definition) is 6. The van der Waals surface area contributed by atoms with E-state index in [9.17, 15) is 4.79 Å². The van der Waals surface area contributed by atoms with Crippen molar-refractivity contribution in [2.75, 3.05) is 18.9 Å². The molecular formula is C9H13N3O3. The van der Waals surface area contributed by atoms with E-state index in [0.717, 1.165) is 5.56 Å². The Kier molecular flexibility index (Phi) is 3.84. The zero-order chi connectivity index (χ0) is 11.3. The first kappa shape index (κ1) is 11.2. The number of carbonyl (C=O) groups excluding carboxylic acids is 1. The molecule has 0 aromatic carbocycles. The highest BCUT2D eigenvalue weighted by atomic mass is 16.6. The number of rotatable bonds is 4. The van der Waals surface area contributed by atoms with Gasteiger partial charge in [0, 0.05) is 11.8 Å². The highest BCUT2D eigenvalue weighted by Gasteiger charge is 2.06. The molecule has 0 saturated heterocycles. The van der Waals surface area contributed by atoms with Crippen molar-refractivity contribution in [2.45, 2.75) is 13.8 Å². The quantitative estimate of drug-likeness (QED) is 0.721. The Hall–Kier alpha value is -1.85. The Morgan fingerprint density at radius 3 is 2.93 bits per heavy atom. The fourth-order valence-electron chi connectivity index (χ4n) is 0.834. The summed E-state index contributed by atoms with van der Waals surface area (Å²) in [4.78, 5) is 18.6. The van der Waals surface area contributed by atoms with Crippen molar-refractivity contribution in [3.8, 4) is 6.01 Å². The Morgan fingerprint density at radius 1 is 1.60 bits per heavy atom. The number of anilines is 1. The van der Waals surface area contributed by atoms with Gasteiger partial charge in [-0.1, -0.05) is 0 Å². The van der Waals surface area contributed by atoms with Gasteiger partial charge in [0.05, 0.1) is 6.61 Å². The lowest BCUT2D eigenvalue weighted by Gasteiger charge is -2.05. The molecule has 0 spiro atoms. The summed E-state index contributed by atoms with van der Waals surface area (Å²) in [5.41, 5.74) is 6.30. The lowest BCUT2D eigenvalue weighted by molar-refractivity contribution is -0.145. The summed E-state index contributed by atoms with van der Waals surface area (Å²) < 4.78 is 9.65. The van der Waals surface area contributed by atoms with Crippen molar-refractivity contribution in [3.05, 3.63) is 11.8 Å². The van der Waals surface area contributed by atoms with Crippen molar-refractivity contribution in [1.29, 1.82) is 0 Å². The second-order valence-electron chi connectivity index (χ2n) is 2.81. The molecule has 0 amide bonds. The van der Waals surface area contributed by atoms with E-state index >= 15 is 0 Å². The summed E-state index contributed by atoms with van der Waals surface area (Å²) in [7, 11) is 0. The maximum Gasteiger partial charge on any atom is 0.344 e. The maximum atomic E-state index is 10.9. The van der Waals surface area contributed by atoms with Gasteiger partial charge in [-0.2, -0.15) is 4.98 Å². The summed E-state index contributed by atoms with van der Waals surface area (Å²) in [6.45, 7) is 3.61. The van der Waals surface area contributed by atoms with Crippen LogP contribution in [0.25, 0.3) is 0 Å². The van der Waals surface area contributed by atoms with E-state index in [0.29, 0.717) is 12.4 Å². The van der Waals surface area contributed by atoms with Gasteiger partial charge in [-0.3, -0.25) is 0 Å². The number of nitrogens with two attached hydrogens (primary N) is 1. The molecule has 82 valence electrons. The molecule has 0 aliphatic carbocycles. The van der Waals surface area contributed by atoms with Crippen molar-refractivity contribution in [3.63, 3.8) is 0 Å². The van der Waals surface area contributed by atoms with Crippen LogP contribution >= 0.6 is 0 Å². The molecule has 6 heteroatoms. The predicted octanol–water partition coefficient (Wildman–Crippen LogP) is 0.309. The Morgan fingerprint density at radius 2 is 2.33 bits per heavy atom. The van der Waals surface area contributed by atoms with E-state index in [-0.39, 0.29) is 12.6 Å². The number of esters is 1. The van der Waals surface area contributed by atoms with Crippen LogP contribution in [0.5, 0.6) is 6.01 Å². The van der Waals surface area contributed by atoms with Gasteiger partial charge in [-0.15, -0.1) is 0 Å². The minimum Gasteiger partial charge on any atom is -0.463 e. The van der Waals surface area contributed by atoms with Crippen molar-refractivity contribution in [1.82, 2.24) is 9.97 Å². The molecule has 0 radical (unpaired) electrons. The molecule has 0 atom stereocenters. The Bertz CT molecular complexity index is 354. The molecule has 15 heavy (non-hydrogen) atoms. The third-order valence-corrected chi connectivity index (χ3v) is 1.61. The molecule has 1 aromatic heterocycles. The molecule has 0 fully saturated rings. The highest BCUT2D eigenvalue weighted by Crippen LogP contribution is 2.09. The summed E-state index contributed by atoms with van der Waals surface area (Å²) in [6.07, 6.45) is 1.53. The van der Waals surface area contributed by atoms with E-state index in [1.807, 2.05) is 0 Å². The number of nitrogens with zero attached hydrogens (tertiary/aromatic N) is 2. The summed E-state index contributed by atoms with van der Waals surface area (Å²) in [5, 5.41) is 0. The van der Waals surface area contributed by atoms with Gasteiger partial charge in [0.2, 0.25) is 0 Å². The largest absolute Gasteiger partial charge is 0.463 e. The van der Waals surface area contributed by atoms with Crippen LogP contribution < -0.4 is 10.5 Å². The summed E-state index contributed by atoms with van der Waals surface area (Å²) >= 11 is 0. The van der Waals surface area contributed by atoms with Crippen LogP contribution in [0.2, 0.25) is 0 Å². The van der Waals surface area contributed by atoms with Gasteiger partial charge in [0.25, 0.3) is 0 Å². The van der Waals surface area contributed by atoms with Crippen molar-refractivity contribution in [2.24, 2.45) is 0 Å². The van der Waals surface area contributed by atoms with Crippen LogP contribution in [-0.4, -0.2) is 29.2 Å². The number of carbonyl (C=O) groups is 1. The molecule has 6 nitrogen and oxygen atoms in total. The van der Waals surface area contributed by atoms with Crippen LogP contribution in [0.3, 0.4) is 0 Å². The smallest absolute Gasteiger partial charge is 0.344 e. The normalized spacial score (nSPS) is 9.73. The fourth-order valence-corrected chi connectivity index (χ4v) is 0.834. The number of aryl methyl sites for hydroxylation is 1. The number of aromatic nitrogens is 2. The lowest BCUT2D eigenvalue weighted by Crippen LogP contribution is -2.16. The molecule has 1 aromatic rings. The van der Waals surface area contributed by atoms with Gasteiger partial charge in [-0.25, -0.2) is 9.78 Å². The molecule has 0 unspecified atom stereocenters. The first-order chi connectivity index (χ1) is 7.13. The predicted molar refractivity (Wildman–Crippen MR) is 53.3 cm³/mol. The van der Waals surface area contributed by atoms with Crippen LogP contribution in [-0.2, 0) is 9.53 Å². The Labute approximate surface area is 87.4 Å². The second-order valence-corrected chi connectivity index (χ2v) is 2.81. The van der Waals surface area contributed by atoms with Crippen LogP contribution in [0.1, 0.15) is 12.5 Å². The lowest BCUT2D eigenvalue weighted by atomic mass is 10.4. The van der Waals surface area contributed by atoms with E-state index in [1.54, 1.807) is 13.8 Å². The topological polar surface area (TPSA) is 87.3 Å².